The molecular formula is C12H21NO3. The van der Waals surface area contributed by atoms with Gasteiger partial charge in [-0.15, -0.1) is 0 Å². The van der Waals surface area contributed by atoms with Crippen LogP contribution in [0.25, 0.3) is 0 Å². The topological polar surface area (TPSA) is 49.8 Å². The molecule has 2 rings (SSSR count). The Bertz CT molecular complexity index is 230. The monoisotopic (exact) mass is 227 g/mol. The maximum atomic E-state index is 12.2. The molecule has 1 aliphatic heterocycles. The molecule has 0 spiro atoms. The SMILES string of the molecule is O=C(C1CCC(CO)CC1)N1CCOCC1. The van der Waals surface area contributed by atoms with E-state index in [0.29, 0.717) is 25.0 Å². The number of nitrogens with zero attached hydrogens (tertiary/aromatic N) is 1. The maximum Gasteiger partial charge on any atom is 0.225 e. The average Bonchev–Trinajstić information content (AvgIpc) is 2.39. The van der Waals surface area contributed by atoms with Gasteiger partial charge in [-0.05, 0) is 31.6 Å². The van der Waals surface area contributed by atoms with Crippen LogP contribution in [0, 0.1) is 11.8 Å². The quantitative estimate of drug-likeness (QED) is 0.753. The largest absolute Gasteiger partial charge is 0.396 e. The standard InChI is InChI=1S/C12H21NO3/c14-9-10-1-3-11(4-2-10)12(15)13-5-7-16-8-6-13/h10-11,14H,1-9H2. The molecule has 1 saturated carbocycles. The predicted octanol–water partition coefficient (Wildman–Crippen LogP) is 0.644. The van der Waals surface area contributed by atoms with Gasteiger partial charge >= 0.3 is 0 Å². The van der Waals surface area contributed by atoms with Crippen LogP contribution in [0.15, 0.2) is 0 Å². The van der Waals surface area contributed by atoms with E-state index in [1.165, 1.54) is 0 Å². The van der Waals surface area contributed by atoms with Crippen molar-refractivity contribution in [1.82, 2.24) is 4.90 Å². The summed E-state index contributed by atoms with van der Waals surface area (Å²) < 4.78 is 5.24. The first-order valence-corrected chi connectivity index (χ1v) is 6.28. The van der Waals surface area contributed by atoms with E-state index in [-0.39, 0.29) is 12.5 Å². The summed E-state index contributed by atoms with van der Waals surface area (Å²) in [6.45, 7) is 3.13. The van der Waals surface area contributed by atoms with Crippen molar-refractivity contribution < 1.29 is 14.6 Å². The minimum Gasteiger partial charge on any atom is -0.396 e. The van der Waals surface area contributed by atoms with Crippen molar-refractivity contribution in [2.75, 3.05) is 32.9 Å². The molecule has 0 aromatic heterocycles. The lowest BCUT2D eigenvalue weighted by Gasteiger charge is -2.33. The third-order valence-corrected chi connectivity index (χ3v) is 3.78. The summed E-state index contributed by atoms with van der Waals surface area (Å²) in [5.74, 6) is 0.925. The number of hydrogen-bond acceptors (Lipinski definition) is 3. The molecule has 0 bridgehead atoms. The van der Waals surface area contributed by atoms with Crippen molar-refractivity contribution in [1.29, 1.82) is 0 Å². The summed E-state index contributed by atoms with van der Waals surface area (Å²) in [4.78, 5) is 14.1. The average molecular weight is 227 g/mol. The second-order valence-electron chi connectivity index (χ2n) is 4.84. The first-order valence-electron chi connectivity index (χ1n) is 6.28. The van der Waals surface area contributed by atoms with E-state index in [9.17, 15) is 4.79 Å². The highest BCUT2D eigenvalue weighted by Crippen LogP contribution is 2.29. The van der Waals surface area contributed by atoms with E-state index in [2.05, 4.69) is 0 Å². The third kappa shape index (κ3) is 2.74. The Hall–Kier alpha value is -0.610. The number of rotatable bonds is 2. The second-order valence-corrected chi connectivity index (χ2v) is 4.84. The van der Waals surface area contributed by atoms with Gasteiger partial charge in [-0.3, -0.25) is 4.79 Å². The van der Waals surface area contributed by atoms with Gasteiger partial charge in [0.15, 0.2) is 0 Å². The van der Waals surface area contributed by atoms with E-state index >= 15 is 0 Å². The lowest BCUT2D eigenvalue weighted by Crippen LogP contribution is -2.44. The molecule has 92 valence electrons. The van der Waals surface area contributed by atoms with Crippen LogP contribution in [0.4, 0.5) is 0 Å². The van der Waals surface area contributed by atoms with Gasteiger partial charge in [0.25, 0.3) is 0 Å². The van der Waals surface area contributed by atoms with Crippen LogP contribution < -0.4 is 0 Å². The van der Waals surface area contributed by atoms with Crippen LogP contribution in [0.1, 0.15) is 25.7 Å². The zero-order chi connectivity index (χ0) is 11.4. The highest BCUT2D eigenvalue weighted by Gasteiger charge is 2.29. The van der Waals surface area contributed by atoms with Crippen molar-refractivity contribution in [2.45, 2.75) is 25.7 Å². The zero-order valence-electron chi connectivity index (χ0n) is 9.73. The first kappa shape index (κ1) is 11.9. The summed E-state index contributed by atoms with van der Waals surface area (Å²) in [5, 5.41) is 9.05. The predicted molar refractivity (Wildman–Crippen MR) is 59.9 cm³/mol. The minimum atomic E-state index is 0.195. The lowest BCUT2D eigenvalue weighted by atomic mass is 9.81. The molecule has 2 fully saturated rings. The molecule has 1 aliphatic carbocycles. The van der Waals surface area contributed by atoms with Crippen LogP contribution in [-0.4, -0.2) is 48.8 Å². The summed E-state index contributed by atoms with van der Waals surface area (Å²) in [5.41, 5.74) is 0. The van der Waals surface area contributed by atoms with Crippen molar-refractivity contribution in [3.8, 4) is 0 Å². The molecule has 0 aromatic carbocycles. The molecule has 1 amide bonds. The van der Waals surface area contributed by atoms with Crippen LogP contribution in [0.2, 0.25) is 0 Å². The van der Waals surface area contributed by atoms with Gasteiger partial charge < -0.3 is 14.7 Å². The minimum absolute atomic E-state index is 0.195. The normalized spacial score (nSPS) is 31.4. The van der Waals surface area contributed by atoms with E-state index in [1.807, 2.05) is 4.90 Å². The van der Waals surface area contributed by atoms with Crippen LogP contribution >= 0.6 is 0 Å². The fourth-order valence-electron chi connectivity index (χ4n) is 2.63. The van der Waals surface area contributed by atoms with Crippen LogP contribution in [0.5, 0.6) is 0 Å². The Morgan fingerprint density at radius 2 is 1.81 bits per heavy atom. The summed E-state index contributed by atoms with van der Waals surface area (Å²) >= 11 is 0. The number of carbonyl (C=O) groups is 1. The zero-order valence-corrected chi connectivity index (χ0v) is 9.73. The molecule has 0 atom stereocenters. The second kappa shape index (κ2) is 5.64. The highest BCUT2D eigenvalue weighted by atomic mass is 16.5. The molecular weight excluding hydrogens is 206 g/mol. The van der Waals surface area contributed by atoms with Gasteiger partial charge in [0.2, 0.25) is 5.91 Å². The summed E-state index contributed by atoms with van der Waals surface area (Å²) in [6, 6.07) is 0. The fourth-order valence-corrected chi connectivity index (χ4v) is 2.63. The van der Waals surface area contributed by atoms with Crippen LogP contribution in [-0.2, 0) is 9.53 Å². The van der Waals surface area contributed by atoms with E-state index < -0.39 is 0 Å². The number of hydrogen-bond donors (Lipinski definition) is 1. The molecule has 4 heteroatoms. The molecule has 1 heterocycles. The molecule has 0 radical (unpaired) electrons. The number of ether oxygens (including phenoxy) is 1. The molecule has 16 heavy (non-hydrogen) atoms. The number of morpholine rings is 1. The van der Waals surface area contributed by atoms with E-state index in [4.69, 9.17) is 9.84 Å². The van der Waals surface area contributed by atoms with Gasteiger partial charge in [-0.25, -0.2) is 0 Å². The van der Waals surface area contributed by atoms with Gasteiger partial charge in [0, 0.05) is 25.6 Å². The Balaban J connectivity index is 1.81. The first-order chi connectivity index (χ1) is 7.81. The Morgan fingerprint density at radius 3 is 2.38 bits per heavy atom. The summed E-state index contributed by atoms with van der Waals surface area (Å²) in [7, 11) is 0. The van der Waals surface area contributed by atoms with Crippen molar-refractivity contribution in [3.05, 3.63) is 0 Å². The highest BCUT2D eigenvalue weighted by molar-refractivity contribution is 5.79. The van der Waals surface area contributed by atoms with Gasteiger partial charge in [0.1, 0.15) is 0 Å². The fraction of sp³-hybridized carbons (Fsp3) is 0.917. The van der Waals surface area contributed by atoms with Gasteiger partial charge in [0.05, 0.1) is 13.2 Å². The van der Waals surface area contributed by atoms with Crippen molar-refractivity contribution in [3.63, 3.8) is 0 Å². The molecule has 1 N–H and O–H groups in total. The smallest absolute Gasteiger partial charge is 0.225 e. The molecule has 0 aromatic rings. The van der Waals surface area contributed by atoms with Gasteiger partial charge in [-0.1, -0.05) is 0 Å². The number of amides is 1. The molecule has 0 unspecified atom stereocenters. The molecule has 1 saturated heterocycles. The Kier molecular flexibility index (Phi) is 4.18. The third-order valence-electron chi connectivity index (χ3n) is 3.78. The number of carbonyl (C=O) groups excluding carboxylic acids is 1. The van der Waals surface area contributed by atoms with Crippen molar-refractivity contribution >= 4 is 5.91 Å². The summed E-state index contributed by atoms with van der Waals surface area (Å²) in [6.07, 6.45) is 3.89. The number of aliphatic hydroxyl groups excluding tert-OH is 1. The Morgan fingerprint density at radius 1 is 1.19 bits per heavy atom. The van der Waals surface area contributed by atoms with E-state index in [1.54, 1.807) is 0 Å². The lowest BCUT2D eigenvalue weighted by molar-refractivity contribution is -0.141. The molecule has 2 aliphatic rings. The van der Waals surface area contributed by atoms with Crippen LogP contribution in [0.3, 0.4) is 0 Å². The van der Waals surface area contributed by atoms with E-state index in [0.717, 1.165) is 38.8 Å². The van der Waals surface area contributed by atoms with Gasteiger partial charge in [-0.2, -0.15) is 0 Å². The molecule has 4 nitrogen and oxygen atoms in total. The maximum absolute atomic E-state index is 12.2. The van der Waals surface area contributed by atoms with Crippen molar-refractivity contribution in [2.24, 2.45) is 11.8 Å². The Labute approximate surface area is 96.6 Å². The number of aliphatic hydroxyl groups is 1.